The summed E-state index contributed by atoms with van der Waals surface area (Å²) < 4.78 is 19.1. The Morgan fingerprint density at radius 3 is 2.54 bits per heavy atom. The minimum Gasteiger partial charge on any atom is -0.375 e. The molecule has 0 aliphatic carbocycles. The van der Waals surface area contributed by atoms with Gasteiger partial charge in [-0.2, -0.15) is 0 Å². The molecule has 0 radical (unpaired) electrons. The lowest BCUT2D eigenvalue weighted by molar-refractivity contribution is 0.106. The van der Waals surface area contributed by atoms with Crippen LogP contribution in [0.15, 0.2) is 53.5 Å². The molecule has 0 amide bonds. The summed E-state index contributed by atoms with van der Waals surface area (Å²) in [5.41, 5.74) is 2.61. The highest BCUT2D eigenvalue weighted by molar-refractivity contribution is 5.79. The fraction of sp³-hybridized carbons (Fsp3) is 0.316. The van der Waals surface area contributed by atoms with E-state index in [0.717, 1.165) is 11.1 Å². The van der Waals surface area contributed by atoms with E-state index in [1.807, 2.05) is 36.4 Å². The van der Waals surface area contributed by atoms with Crippen LogP contribution in [0.3, 0.4) is 0 Å². The Morgan fingerprint density at radius 2 is 1.92 bits per heavy atom. The van der Waals surface area contributed by atoms with Crippen molar-refractivity contribution in [3.63, 3.8) is 0 Å². The van der Waals surface area contributed by atoms with Gasteiger partial charge in [-0.3, -0.25) is 4.99 Å². The third kappa shape index (κ3) is 5.06. The molecule has 24 heavy (non-hydrogen) atoms. The van der Waals surface area contributed by atoms with E-state index in [1.54, 1.807) is 27.1 Å². The molecule has 1 unspecified atom stereocenters. The molecule has 0 saturated heterocycles. The molecule has 2 rings (SSSR count). The maximum atomic E-state index is 13.6. The molecule has 0 saturated carbocycles. The number of halogens is 1. The molecule has 0 bridgehead atoms. The molecule has 0 spiro atoms. The Kier molecular flexibility index (Phi) is 6.75. The maximum absolute atomic E-state index is 13.6. The van der Waals surface area contributed by atoms with Crippen LogP contribution in [0.5, 0.6) is 0 Å². The molecule has 0 aromatic heterocycles. The highest BCUT2D eigenvalue weighted by Crippen LogP contribution is 2.14. The topological polar surface area (TPSA) is 45.7 Å². The lowest BCUT2D eigenvalue weighted by atomic mass is 10.1. The summed E-state index contributed by atoms with van der Waals surface area (Å²) in [6.07, 6.45) is -0.0680. The number of methoxy groups -OCH3 is 1. The van der Waals surface area contributed by atoms with Crippen LogP contribution in [0.4, 0.5) is 4.39 Å². The average Bonchev–Trinajstić information content (AvgIpc) is 2.62. The average molecular weight is 329 g/mol. The van der Waals surface area contributed by atoms with Gasteiger partial charge in [-0.15, -0.1) is 0 Å². The van der Waals surface area contributed by atoms with Gasteiger partial charge in [0.1, 0.15) is 5.82 Å². The molecule has 0 heterocycles. The highest BCUT2D eigenvalue weighted by Gasteiger charge is 2.10. The van der Waals surface area contributed by atoms with Crippen LogP contribution in [-0.4, -0.2) is 26.7 Å². The van der Waals surface area contributed by atoms with Gasteiger partial charge >= 0.3 is 0 Å². The Labute approximate surface area is 142 Å². The number of guanidine groups is 1. The van der Waals surface area contributed by atoms with Crippen molar-refractivity contribution >= 4 is 5.96 Å². The second-order valence-electron chi connectivity index (χ2n) is 5.53. The van der Waals surface area contributed by atoms with Crippen LogP contribution in [0.2, 0.25) is 0 Å². The zero-order valence-corrected chi connectivity index (χ0v) is 14.3. The Balaban J connectivity index is 1.89. The summed E-state index contributed by atoms with van der Waals surface area (Å²) in [7, 11) is 3.39. The number of ether oxygens (including phenoxy) is 1. The number of hydrogen-bond donors (Lipinski definition) is 2. The number of nitrogens with zero attached hydrogens (tertiary/aromatic N) is 1. The van der Waals surface area contributed by atoms with Crippen LogP contribution in [0.1, 0.15) is 22.8 Å². The fourth-order valence-corrected chi connectivity index (χ4v) is 2.35. The van der Waals surface area contributed by atoms with Gasteiger partial charge in [0, 0.05) is 27.2 Å². The fourth-order valence-electron chi connectivity index (χ4n) is 2.35. The molecule has 5 heteroatoms. The predicted octanol–water partition coefficient (Wildman–Crippen LogP) is 3.19. The van der Waals surface area contributed by atoms with E-state index in [-0.39, 0.29) is 11.9 Å². The normalized spacial score (nSPS) is 12.8. The zero-order valence-electron chi connectivity index (χ0n) is 14.3. The molecule has 0 fully saturated rings. The number of rotatable bonds is 6. The Bertz CT molecular complexity index is 674. The van der Waals surface area contributed by atoms with E-state index in [0.29, 0.717) is 24.6 Å². The van der Waals surface area contributed by atoms with Gasteiger partial charge in [0.05, 0.1) is 6.10 Å². The SMILES string of the molecule is CN=C(NCc1ccc(C)c(F)c1)NCC(OC)c1ccccc1. The maximum Gasteiger partial charge on any atom is 0.191 e. The molecule has 2 aromatic rings. The van der Waals surface area contributed by atoms with Crippen LogP contribution < -0.4 is 10.6 Å². The number of hydrogen-bond acceptors (Lipinski definition) is 2. The summed E-state index contributed by atoms with van der Waals surface area (Å²) >= 11 is 0. The van der Waals surface area contributed by atoms with Crippen molar-refractivity contribution in [1.29, 1.82) is 0 Å². The van der Waals surface area contributed by atoms with Crippen LogP contribution in [0, 0.1) is 12.7 Å². The first-order chi connectivity index (χ1) is 11.6. The molecule has 0 aliphatic heterocycles. The van der Waals surface area contributed by atoms with Crippen molar-refractivity contribution in [3.05, 3.63) is 71.0 Å². The van der Waals surface area contributed by atoms with E-state index in [1.165, 1.54) is 6.07 Å². The third-order valence-corrected chi connectivity index (χ3v) is 3.83. The molecule has 0 aliphatic rings. The van der Waals surface area contributed by atoms with Gasteiger partial charge in [0.25, 0.3) is 0 Å². The van der Waals surface area contributed by atoms with E-state index in [2.05, 4.69) is 15.6 Å². The number of aryl methyl sites for hydroxylation is 1. The van der Waals surface area contributed by atoms with E-state index in [4.69, 9.17) is 4.74 Å². The third-order valence-electron chi connectivity index (χ3n) is 3.83. The summed E-state index contributed by atoms with van der Waals surface area (Å²) in [4.78, 5) is 4.19. The van der Waals surface area contributed by atoms with Gasteiger partial charge in [-0.25, -0.2) is 4.39 Å². The van der Waals surface area contributed by atoms with E-state index in [9.17, 15) is 4.39 Å². The van der Waals surface area contributed by atoms with E-state index >= 15 is 0 Å². The van der Waals surface area contributed by atoms with Gasteiger partial charge in [-0.1, -0.05) is 42.5 Å². The molecular formula is C19H24FN3O. The molecule has 128 valence electrons. The van der Waals surface area contributed by atoms with Crippen molar-refractivity contribution in [2.45, 2.75) is 19.6 Å². The minimum absolute atomic E-state index is 0.0680. The summed E-state index contributed by atoms with van der Waals surface area (Å²) in [6.45, 7) is 2.84. The Morgan fingerprint density at radius 1 is 1.17 bits per heavy atom. The summed E-state index contributed by atoms with van der Waals surface area (Å²) in [5.74, 6) is 0.453. The number of nitrogens with one attached hydrogen (secondary N) is 2. The van der Waals surface area contributed by atoms with Gasteiger partial charge < -0.3 is 15.4 Å². The molecule has 1 atom stereocenters. The van der Waals surface area contributed by atoms with Crippen molar-refractivity contribution in [2.75, 3.05) is 20.7 Å². The first-order valence-electron chi connectivity index (χ1n) is 7.91. The van der Waals surface area contributed by atoms with Crippen molar-refractivity contribution in [3.8, 4) is 0 Å². The minimum atomic E-state index is -0.194. The molecular weight excluding hydrogens is 305 g/mol. The Hall–Kier alpha value is -2.40. The van der Waals surface area contributed by atoms with Crippen molar-refractivity contribution in [1.82, 2.24) is 10.6 Å². The molecule has 2 aromatic carbocycles. The summed E-state index contributed by atoms with van der Waals surface area (Å²) in [6, 6.07) is 15.2. The van der Waals surface area contributed by atoms with Crippen LogP contribution in [0.25, 0.3) is 0 Å². The number of aliphatic imine (C=N–C) groups is 1. The second-order valence-corrected chi connectivity index (χ2v) is 5.53. The van der Waals surface area contributed by atoms with Crippen LogP contribution >= 0.6 is 0 Å². The standard InChI is InChI=1S/C19H24FN3O/c1-14-9-10-15(11-17(14)20)12-22-19(21-2)23-13-18(24-3)16-7-5-4-6-8-16/h4-11,18H,12-13H2,1-3H3,(H2,21,22,23). The quantitative estimate of drug-likeness (QED) is 0.632. The van der Waals surface area contributed by atoms with Crippen molar-refractivity contribution < 1.29 is 9.13 Å². The van der Waals surface area contributed by atoms with Gasteiger partial charge in [0.15, 0.2) is 5.96 Å². The lowest BCUT2D eigenvalue weighted by Gasteiger charge is -2.18. The van der Waals surface area contributed by atoms with Crippen LogP contribution in [-0.2, 0) is 11.3 Å². The molecule has 2 N–H and O–H groups in total. The van der Waals surface area contributed by atoms with Gasteiger partial charge in [-0.05, 0) is 29.7 Å². The summed E-state index contributed by atoms with van der Waals surface area (Å²) in [5, 5.41) is 6.42. The van der Waals surface area contributed by atoms with Gasteiger partial charge in [0.2, 0.25) is 0 Å². The highest BCUT2D eigenvalue weighted by atomic mass is 19.1. The first-order valence-corrected chi connectivity index (χ1v) is 7.91. The zero-order chi connectivity index (χ0) is 17.4. The number of benzene rings is 2. The molecule has 4 nitrogen and oxygen atoms in total. The lowest BCUT2D eigenvalue weighted by Crippen LogP contribution is -2.39. The second kappa shape index (κ2) is 9.03. The monoisotopic (exact) mass is 329 g/mol. The smallest absolute Gasteiger partial charge is 0.191 e. The van der Waals surface area contributed by atoms with E-state index < -0.39 is 0 Å². The largest absolute Gasteiger partial charge is 0.375 e. The first kappa shape index (κ1) is 17.9. The van der Waals surface area contributed by atoms with Crippen molar-refractivity contribution in [2.24, 2.45) is 4.99 Å². The predicted molar refractivity (Wildman–Crippen MR) is 95.5 cm³/mol.